The topological polar surface area (TPSA) is 67.2 Å². The van der Waals surface area contributed by atoms with Crippen molar-refractivity contribution < 1.29 is 9.90 Å². The van der Waals surface area contributed by atoms with Gasteiger partial charge < -0.3 is 10.4 Å². The number of rotatable bonds is 2. The molecule has 2 heterocycles. The third-order valence-electron chi connectivity index (χ3n) is 3.65. The molecule has 0 spiro atoms. The molecule has 94 valence electrons. The van der Waals surface area contributed by atoms with Crippen molar-refractivity contribution >= 4 is 16.9 Å². The van der Waals surface area contributed by atoms with Crippen molar-refractivity contribution in [2.45, 2.75) is 12.5 Å². The van der Waals surface area contributed by atoms with Crippen molar-refractivity contribution in [2.75, 3.05) is 6.54 Å². The Kier molecular flexibility index (Phi) is 2.56. The van der Waals surface area contributed by atoms with Crippen molar-refractivity contribution in [2.24, 2.45) is 13.0 Å². The average Bonchev–Trinajstić information content (AvgIpc) is 2.96. The predicted octanol–water partition coefficient (Wildman–Crippen LogP) is 1.31. The van der Waals surface area contributed by atoms with Crippen molar-refractivity contribution in [1.82, 2.24) is 15.1 Å². The molecule has 5 heteroatoms. The highest BCUT2D eigenvalue weighted by Crippen LogP contribution is 2.31. The van der Waals surface area contributed by atoms with Crippen LogP contribution in [0.25, 0.3) is 10.9 Å². The first-order chi connectivity index (χ1) is 8.66. The van der Waals surface area contributed by atoms with Crippen LogP contribution in [0.1, 0.15) is 18.0 Å². The first-order valence-corrected chi connectivity index (χ1v) is 6.03. The quantitative estimate of drug-likeness (QED) is 0.837. The molecule has 1 aliphatic rings. The van der Waals surface area contributed by atoms with Gasteiger partial charge in [-0.25, -0.2) is 0 Å². The minimum atomic E-state index is -0.720. The van der Waals surface area contributed by atoms with Gasteiger partial charge in [0.05, 0.1) is 17.6 Å². The van der Waals surface area contributed by atoms with E-state index in [9.17, 15) is 4.79 Å². The first kappa shape index (κ1) is 11.2. The van der Waals surface area contributed by atoms with Crippen LogP contribution in [0.5, 0.6) is 0 Å². The third-order valence-corrected chi connectivity index (χ3v) is 3.65. The lowest BCUT2D eigenvalue weighted by Crippen LogP contribution is -2.17. The Labute approximate surface area is 104 Å². The van der Waals surface area contributed by atoms with Gasteiger partial charge >= 0.3 is 5.97 Å². The van der Waals surface area contributed by atoms with Crippen LogP contribution in [-0.2, 0) is 11.8 Å². The van der Waals surface area contributed by atoms with E-state index in [1.807, 2.05) is 36.1 Å². The van der Waals surface area contributed by atoms with E-state index in [1.165, 1.54) is 0 Å². The summed E-state index contributed by atoms with van der Waals surface area (Å²) in [5.74, 6) is -1.01. The molecule has 2 aromatic rings. The maximum absolute atomic E-state index is 11.0. The average molecular weight is 245 g/mol. The van der Waals surface area contributed by atoms with Gasteiger partial charge in [0.2, 0.25) is 0 Å². The summed E-state index contributed by atoms with van der Waals surface area (Å²) >= 11 is 0. The van der Waals surface area contributed by atoms with Crippen LogP contribution < -0.4 is 5.32 Å². The van der Waals surface area contributed by atoms with Gasteiger partial charge in [0.15, 0.2) is 0 Å². The van der Waals surface area contributed by atoms with Crippen molar-refractivity contribution in [1.29, 1.82) is 0 Å². The smallest absolute Gasteiger partial charge is 0.307 e. The molecule has 0 radical (unpaired) electrons. The number of carbonyl (C=O) groups is 1. The molecule has 0 saturated carbocycles. The molecule has 18 heavy (non-hydrogen) atoms. The van der Waals surface area contributed by atoms with Crippen LogP contribution in [0, 0.1) is 5.92 Å². The van der Waals surface area contributed by atoms with Crippen LogP contribution in [0.2, 0.25) is 0 Å². The van der Waals surface area contributed by atoms with Gasteiger partial charge in [-0.05, 0) is 12.0 Å². The van der Waals surface area contributed by atoms with Gasteiger partial charge in [-0.15, -0.1) is 0 Å². The highest BCUT2D eigenvalue weighted by atomic mass is 16.4. The Morgan fingerprint density at radius 2 is 2.39 bits per heavy atom. The molecule has 0 aliphatic carbocycles. The number of hydrogen-bond acceptors (Lipinski definition) is 3. The number of fused-ring (bicyclic) bond motifs is 1. The summed E-state index contributed by atoms with van der Waals surface area (Å²) in [5.41, 5.74) is 2.22. The lowest BCUT2D eigenvalue weighted by atomic mass is 9.98. The Balaban J connectivity index is 2.00. The van der Waals surface area contributed by atoms with Crippen LogP contribution >= 0.6 is 0 Å². The molecule has 1 aliphatic heterocycles. The molecule has 0 bridgehead atoms. The molecular weight excluding hydrogens is 230 g/mol. The second-order valence-electron chi connectivity index (χ2n) is 4.78. The van der Waals surface area contributed by atoms with Gasteiger partial charge in [0.1, 0.15) is 0 Å². The third kappa shape index (κ3) is 1.67. The summed E-state index contributed by atoms with van der Waals surface area (Å²) in [4.78, 5) is 11.0. The van der Waals surface area contributed by atoms with E-state index in [0.29, 0.717) is 13.0 Å². The molecule has 2 atom stereocenters. The summed E-state index contributed by atoms with van der Waals surface area (Å²) in [6.07, 6.45) is 2.47. The monoisotopic (exact) mass is 245 g/mol. The van der Waals surface area contributed by atoms with Crippen molar-refractivity contribution in [3.05, 3.63) is 30.0 Å². The van der Waals surface area contributed by atoms with Crippen LogP contribution in [-0.4, -0.2) is 27.4 Å². The van der Waals surface area contributed by atoms with E-state index in [2.05, 4.69) is 10.4 Å². The minimum absolute atomic E-state index is 0.102. The van der Waals surface area contributed by atoms with E-state index in [4.69, 9.17) is 5.11 Å². The normalized spacial score (nSPS) is 23.6. The molecule has 0 amide bonds. The second-order valence-corrected chi connectivity index (χ2v) is 4.78. The second kappa shape index (κ2) is 4.10. The van der Waals surface area contributed by atoms with Crippen LogP contribution in [0.4, 0.5) is 0 Å². The van der Waals surface area contributed by atoms with E-state index in [1.54, 1.807) is 0 Å². The van der Waals surface area contributed by atoms with E-state index in [-0.39, 0.29) is 12.0 Å². The molecule has 5 nitrogen and oxygen atoms in total. The summed E-state index contributed by atoms with van der Waals surface area (Å²) in [6.45, 7) is 0.536. The van der Waals surface area contributed by atoms with Crippen LogP contribution in [0.3, 0.4) is 0 Å². The maximum atomic E-state index is 11.0. The molecule has 2 unspecified atom stereocenters. The number of benzene rings is 1. The van der Waals surface area contributed by atoms with E-state index < -0.39 is 5.97 Å². The summed E-state index contributed by atoms with van der Waals surface area (Å²) in [6, 6.07) is 6.17. The Morgan fingerprint density at radius 1 is 1.56 bits per heavy atom. The number of aryl methyl sites for hydroxylation is 1. The fraction of sp³-hybridized carbons (Fsp3) is 0.385. The largest absolute Gasteiger partial charge is 0.481 e. The molecule has 1 saturated heterocycles. The molecule has 3 rings (SSSR count). The zero-order chi connectivity index (χ0) is 12.7. The highest BCUT2D eigenvalue weighted by molar-refractivity contribution is 5.82. The fourth-order valence-corrected chi connectivity index (χ4v) is 2.71. The highest BCUT2D eigenvalue weighted by Gasteiger charge is 2.31. The molecule has 1 aromatic carbocycles. The fourth-order valence-electron chi connectivity index (χ4n) is 2.71. The van der Waals surface area contributed by atoms with Crippen LogP contribution in [0.15, 0.2) is 24.4 Å². The zero-order valence-corrected chi connectivity index (χ0v) is 10.1. The molecule has 1 aromatic heterocycles. The van der Waals surface area contributed by atoms with Crippen molar-refractivity contribution in [3.63, 3.8) is 0 Å². The van der Waals surface area contributed by atoms with E-state index >= 15 is 0 Å². The number of aromatic nitrogens is 2. The molecule has 1 fully saturated rings. The number of carboxylic acids is 1. The number of para-hydroxylation sites is 1. The molecular formula is C13H15N3O2. The number of nitrogens with zero attached hydrogens (tertiary/aromatic N) is 2. The first-order valence-electron chi connectivity index (χ1n) is 6.03. The van der Waals surface area contributed by atoms with Gasteiger partial charge in [-0.3, -0.25) is 9.48 Å². The maximum Gasteiger partial charge on any atom is 0.307 e. The zero-order valence-electron chi connectivity index (χ0n) is 10.1. The standard InChI is InChI=1S/C13H15N3O2/c1-16-12-8(7-15-16)3-2-4-10(12)11-5-9(6-14-11)13(17)18/h2-4,7,9,11,14H,5-6H2,1H3,(H,17,18). The summed E-state index contributed by atoms with van der Waals surface area (Å²) in [7, 11) is 1.91. The minimum Gasteiger partial charge on any atom is -0.481 e. The summed E-state index contributed by atoms with van der Waals surface area (Å²) < 4.78 is 1.85. The Hall–Kier alpha value is -1.88. The SMILES string of the molecule is Cn1ncc2cccc(C3CC(C(=O)O)CN3)c21. The van der Waals surface area contributed by atoms with Gasteiger partial charge in [-0.2, -0.15) is 5.10 Å². The summed E-state index contributed by atoms with van der Waals surface area (Å²) in [5, 5.41) is 17.7. The Bertz CT molecular complexity index is 605. The number of hydrogen-bond donors (Lipinski definition) is 2. The molecule has 2 N–H and O–H groups in total. The van der Waals surface area contributed by atoms with E-state index in [0.717, 1.165) is 16.5 Å². The predicted molar refractivity (Wildman–Crippen MR) is 67.2 cm³/mol. The van der Waals surface area contributed by atoms with Gasteiger partial charge in [0, 0.05) is 25.0 Å². The lowest BCUT2D eigenvalue weighted by molar-refractivity contribution is -0.141. The van der Waals surface area contributed by atoms with Crippen molar-refractivity contribution in [3.8, 4) is 0 Å². The number of aliphatic carboxylic acids is 1. The van der Waals surface area contributed by atoms with Gasteiger partial charge in [-0.1, -0.05) is 18.2 Å². The number of nitrogens with one attached hydrogen (secondary N) is 1. The van der Waals surface area contributed by atoms with Gasteiger partial charge in [0.25, 0.3) is 0 Å². The number of carboxylic acid groups (broad SMARTS) is 1. The lowest BCUT2D eigenvalue weighted by Gasteiger charge is -2.12. The Morgan fingerprint density at radius 3 is 3.11 bits per heavy atom.